The molecule has 0 amide bonds. The van der Waals surface area contributed by atoms with Crippen LogP contribution in [0.25, 0.3) is 0 Å². The van der Waals surface area contributed by atoms with Crippen molar-refractivity contribution in [1.82, 2.24) is 0 Å². The quantitative estimate of drug-likeness (QED) is 0.328. The summed E-state index contributed by atoms with van der Waals surface area (Å²) in [6.07, 6.45) is 3.69. The molecule has 0 aliphatic carbocycles. The zero-order valence-electron chi connectivity index (χ0n) is 20.0. The van der Waals surface area contributed by atoms with E-state index in [4.69, 9.17) is 0 Å². The van der Waals surface area contributed by atoms with Gasteiger partial charge in [-0.05, 0) is 6.42 Å². The van der Waals surface area contributed by atoms with E-state index in [1.807, 2.05) is 0 Å². The lowest BCUT2D eigenvalue weighted by Gasteiger charge is -2.53. The minimum Gasteiger partial charge on any atom is -0.861 e. The van der Waals surface area contributed by atoms with Crippen LogP contribution >= 0.6 is 0 Å². The van der Waals surface area contributed by atoms with E-state index in [2.05, 4.69) is 95.9 Å². The molecule has 0 saturated heterocycles. The average Bonchev–Trinajstić information content (AvgIpc) is 2.19. The van der Waals surface area contributed by atoms with Crippen molar-refractivity contribution in [2.45, 2.75) is 32.6 Å². The van der Waals surface area contributed by atoms with E-state index in [9.17, 15) is 14.4 Å². The first-order valence-electron chi connectivity index (χ1n) is 9.18. The van der Waals surface area contributed by atoms with Crippen LogP contribution in [0.4, 0.5) is 0 Å². The van der Waals surface area contributed by atoms with E-state index >= 15 is 0 Å². The summed E-state index contributed by atoms with van der Waals surface area (Å²) in [5.74, 6) is 0. The van der Waals surface area contributed by atoms with Crippen LogP contribution < -0.4 is 14.4 Å². The summed E-state index contributed by atoms with van der Waals surface area (Å²) < 4.78 is 7.05. The molecular formula is C18H49N3O4Si. The molecule has 0 aromatic heterocycles. The van der Waals surface area contributed by atoms with Gasteiger partial charge >= 0.3 is 0 Å². The fourth-order valence-corrected chi connectivity index (χ4v) is 1.12. The molecule has 26 heavy (non-hydrogen) atoms. The van der Waals surface area contributed by atoms with Gasteiger partial charge in [0.2, 0.25) is 0 Å². The molecule has 0 radical (unpaired) electrons. The molecule has 0 aromatic carbocycles. The normalized spacial score (nSPS) is 12.0. The second-order valence-electron chi connectivity index (χ2n) is 10.5. The Morgan fingerprint density at radius 2 is 0.846 bits per heavy atom. The second-order valence-corrected chi connectivity index (χ2v) is 11.7. The number of quaternary nitrogens is 3. The van der Waals surface area contributed by atoms with Crippen molar-refractivity contribution in [3.8, 4) is 0 Å². The first-order chi connectivity index (χ1) is 11.1. The monoisotopic (exact) mass is 399 g/mol. The molecule has 0 N–H and O–H groups in total. The van der Waals surface area contributed by atoms with E-state index in [0.717, 1.165) is 32.7 Å². The summed E-state index contributed by atoms with van der Waals surface area (Å²) in [6.45, 7) is 2.09. The summed E-state index contributed by atoms with van der Waals surface area (Å²) in [6, 6.07) is 0. The van der Waals surface area contributed by atoms with Crippen molar-refractivity contribution in [2.24, 2.45) is 0 Å². The highest BCUT2D eigenvalue weighted by atomic mass is 28.4. The first kappa shape index (κ1) is 33.5. The molecule has 0 aliphatic rings. The van der Waals surface area contributed by atoms with Crippen LogP contribution in [0.1, 0.15) is 32.6 Å². The van der Waals surface area contributed by atoms with E-state index in [0.29, 0.717) is 6.42 Å². The standard InChI is InChI=1S/C6H13O4Si.3C4H12N/c1-2-3-4-5-6-10-11(7,8)9;3*1-5(2,3)4/h2-6H2,1H3;3*1-4H3/q-3;3*+1. The van der Waals surface area contributed by atoms with Gasteiger partial charge in [0, 0.05) is 6.61 Å². The number of rotatable bonds is 6. The largest absolute Gasteiger partial charge is 0.861 e. The Hall–Kier alpha value is -0.0631. The maximum absolute atomic E-state index is 9.94. The van der Waals surface area contributed by atoms with E-state index in [1.165, 1.54) is 0 Å². The van der Waals surface area contributed by atoms with Crippen LogP contribution in [0.5, 0.6) is 0 Å². The van der Waals surface area contributed by atoms with Crippen molar-refractivity contribution in [3.05, 3.63) is 0 Å². The molecule has 0 heterocycles. The highest BCUT2D eigenvalue weighted by Gasteiger charge is 1.89. The van der Waals surface area contributed by atoms with Gasteiger partial charge in [-0.1, -0.05) is 26.2 Å². The smallest absolute Gasteiger partial charge is 0.0675 e. The summed E-state index contributed by atoms with van der Waals surface area (Å²) in [5, 5.41) is 0. The maximum Gasteiger partial charge on any atom is 0.0675 e. The molecule has 7 nitrogen and oxygen atoms in total. The number of hydrogen-bond donors (Lipinski definition) is 0. The Balaban J connectivity index is -0.000000136. The predicted octanol–water partition coefficient (Wildman–Crippen LogP) is -0.933. The zero-order chi connectivity index (χ0) is 22.2. The van der Waals surface area contributed by atoms with Gasteiger partial charge in [-0.2, -0.15) is 0 Å². The lowest BCUT2D eigenvalue weighted by atomic mass is 10.2. The second kappa shape index (κ2) is 15.9. The van der Waals surface area contributed by atoms with Crippen molar-refractivity contribution in [3.63, 3.8) is 0 Å². The molecule has 0 rings (SSSR count). The van der Waals surface area contributed by atoms with E-state index < -0.39 is 9.05 Å². The number of hydrogen-bond acceptors (Lipinski definition) is 4. The molecule has 0 aromatic rings. The molecule has 0 fully saturated rings. The summed E-state index contributed by atoms with van der Waals surface area (Å²) in [7, 11) is 20.5. The minimum atomic E-state index is -4.97. The van der Waals surface area contributed by atoms with Crippen LogP contribution in [0.3, 0.4) is 0 Å². The minimum absolute atomic E-state index is 0.0444. The molecule has 0 aliphatic heterocycles. The summed E-state index contributed by atoms with van der Waals surface area (Å²) in [5.41, 5.74) is 0. The van der Waals surface area contributed by atoms with Crippen molar-refractivity contribution >= 4 is 9.05 Å². The molecule has 164 valence electrons. The molecular weight excluding hydrogens is 350 g/mol. The molecule has 8 heteroatoms. The summed E-state index contributed by atoms with van der Waals surface area (Å²) in [4.78, 5) is 29.8. The molecule has 0 atom stereocenters. The van der Waals surface area contributed by atoms with Gasteiger partial charge in [0.15, 0.2) is 0 Å². The Morgan fingerprint density at radius 3 is 1.04 bits per heavy atom. The highest BCUT2D eigenvalue weighted by Crippen LogP contribution is 1.98. The molecule has 0 unspecified atom stereocenters. The van der Waals surface area contributed by atoms with Gasteiger partial charge in [0.25, 0.3) is 0 Å². The van der Waals surface area contributed by atoms with Gasteiger partial charge in [-0.15, -0.1) is 9.05 Å². The molecule has 0 spiro atoms. The lowest BCUT2D eigenvalue weighted by molar-refractivity contribution is -0.849. The number of nitrogens with zero attached hydrogens (tertiary/aromatic N) is 3. The van der Waals surface area contributed by atoms with Gasteiger partial charge in [0.05, 0.1) is 84.6 Å². The van der Waals surface area contributed by atoms with Crippen LogP contribution in [0.2, 0.25) is 0 Å². The Kier molecular flexibility index (Phi) is 20.6. The van der Waals surface area contributed by atoms with Crippen molar-refractivity contribution < 1.29 is 32.3 Å². The zero-order valence-corrected chi connectivity index (χ0v) is 21.0. The third-order valence-electron chi connectivity index (χ3n) is 1.28. The Morgan fingerprint density at radius 1 is 0.577 bits per heavy atom. The first-order valence-corrected chi connectivity index (χ1v) is 10.8. The predicted molar refractivity (Wildman–Crippen MR) is 108 cm³/mol. The fraction of sp³-hybridized carbons (Fsp3) is 1.00. The third kappa shape index (κ3) is 200. The van der Waals surface area contributed by atoms with Crippen LogP contribution in [-0.2, 0) is 4.43 Å². The van der Waals surface area contributed by atoms with Crippen LogP contribution in [-0.4, -0.2) is 114 Å². The van der Waals surface area contributed by atoms with Crippen LogP contribution in [0, 0.1) is 0 Å². The average molecular weight is 400 g/mol. The topological polar surface area (TPSA) is 78.4 Å². The van der Waals surface area contributed by atoms with Gasteiger partial charge in [0.1, 0.15) is 0 Å². The Bertz CT molecular complexity index is 244. The SMILES string of the molecule is CCCCCCO[Si]([O-])([O-])[O-].C[N+](C)(C)C.C[N+](C)(C)C.C[N+](C)(C)C. The Labute approximate surface area is 165 Å². The van der Waals surface area contributed by atoms with E-state index in [1.54, 1.807) is 0 Å². The summed E-state index contributed by atoms with van der Waals surface area (Å²) >= 11 is 0. The number of unbranched alkanes of at least 4 members (excludes halogenated alkanes) is 3. The fourth-order valence-electron chi connectivity index (χ4n) is 0.726. The lowest BCUT2D eigenvalue weighted by Crippen LogP contribution is -2.75. The molecule has 0 bridgehead atoms. The van der Waals surface area contributed by atoms with Gasteiger partial charge < -0.3 is 32.3 Å². The third-order valence-corrected chi connectivity index (χ3v) is 1.83. The van der Waals surface area contributed by atoms with Gasteiger partial charge in [-0.3, -0.25) is 0 Å². The van der Waals surface area contributed by atoms with Gasteiger partial charge in [-0.25, -0.2) is 0 Å². The van der Waals surface area contributed by atoms with E-state index in [-0.39, 0.29) is 6.61 Å². The maximum atomic E-state index is 9.94. The highest BCUT2D eigenvalue weighted by molar-refractivity contribution is 6.42. The van der Waals surface area contributed by atoms with Crippen LogP contribution in [0.15, 0.2) is 0 Å². The van der Waals surface area contributed by atoms with Crippen molar-refractivity contribution in [2.75, 3.05) is 91.2 Å². The van der Waals surface area contributed by atoms with Crippen molar-refractivity contribution in [1.29, 1.82) is 0 Å². The molecule has 0 saturated carbocycles.